The number of nitrogens with zero attached hydrogens (tertiary/aromatic N) is 1. The zero-order valence-electron chi connectivity index (χ0n) is 12.8. The van der Waals surface area contributed by atoms with Gasteiger partial charge in [0.1, 0.15) is 0 Å². The number of rotatable bonds is 5. The average Bonchev–Trinajstić information content (AvgIpc) is 3.05. The van der Waals surface area contributed by atoms with Crippen LogP contribution in [0.1, 0.15) is 5.56 Å². The van der Waals surface area contributed by atoms with E-state index in [2.05, 4.69) is 38.2 Å². The number of thiazole rings is 1. The lowest BCUT2D eigenvalue weighted by Gasteiger charge is -2.05. The zero-order valence-corrected chi connectivity index (χ0v) is 15.8. The maximum absolute atomic E-state index is 11.9. The second kappa shape index (κ2) is 8.25. The highest BCUT2D eigenvalue weighted by atomic mass is 127. The maximum atomic E-state index is 11.9. The van der Waals surface area contributed by atoms with E-state index < -0.39 is 0 Å². The van der Waals surface area contributed by atoms with Crippen LogP contribution in [0.5, 0.6) is 0 Å². The number of nitrogens with one attached hydrogen (secondary N) is 2. The third kappa shape index (κ3) is 4.78. The molecular formula is C18H16IN3OS. The number of amides is 2. The highest BCUT2D eigenvalue weighted by Crippen LogP contribution is 2.25. The Morgan fingerprint density at radius 3 is 2.58 bits per heavy atom. The van der Waals surface area contributed by atoms with Crippen molar-refractivity contribution in [2.45, 2.75) is 6.42 Å². The molecule has 0 saturated heterocycles. The van der Waals surface area contributed by atoms with Crippen LogP contribution in [0.2, 0.25) is 0 Å². The fourth-order valence-electron chi connectivity index (χ4n) is 2.19. The molecule has 6 heteroatoms. The SMILES string of the molecule is O=C(NCCc1ccccc1)Nc1nc(-c2ccc(I)cc2)cs1. The van der Waals surface area contributed by atoms with Crippen molar-refractivity contribution in [2.24, 2.45) is 0 Å². The first-order valence-electron chi connectivity index (χ1n) is 7.51. The van der Waals surface area contributed by atoms with E-state index in [9.17, 15) is 4.79 Å². The number of carbonyl (C=O) groups is 1. The minimum Gasteiger partial charge on any atom is -0.337 e. The number of halogens is 1. The van der Waals surface area contributed by atoms with Gasteiger partial charge in [-0.3, -0.25) is 5.32 Å². The van der Waals surface area contributed by atoms with Crippen molar-refractivity contribution in [2.75, 3.05) is 11.9 Å². The molecule has 0 aliphatic heterocycles. The Bertz CT molecular complexity index is 803. The summed E-state index contributed by atoms with van der Waals surface area (Å²) < 4.78 is 1.18. The number of anilines is 1. The fraction of sp³-hybridized carbons (Fsp3) is 0.111. The summed E-state index contributed by atoms with van der Waals surface area (Å²) in [5.41, 5.74) is 3.12. The molecule has 2 N–H and O–H groups in total. The average molecular weight is 449 g/mol. The number of hydrogen-bond donors (Lipinski definition) is 2. The van der Waals surface area contributed by atoms with Gasteiger partial charge in [-0.25, -0.2) is 9.78 Å². The summed E-state index contributed by atoms with van der Waals surface area (Å²) in [5, 5.41) is 8.18. The predicted octanol–water partition coefficient (Wildman–Crippen LogP) is 4.78. The topological polar surface area (TPSA) is 54.0 Å². The van der Waals surface area contributed by atoms with Gasteiger partial charge < -0.3 is 5.32 Å². The monoisotopic (exact) mass is 449 g/mol. The van der Waals surface area contributed by atoms with Crippen molar-refractivity contribution in [3.63, 3.8) is 0 Å². The van der Waals surface area contributed by atoms with Crippen molar-refractivity contribution < 1.29 is 4.79 Å². The molecule has 0 spiro atoms. The minimum absolute atomic E-state index is 0.227. The highest BCUT2D eigenvalue weighted by molar-refractivity contribution is 14.1. The lowest BCUT2D eigenvalue weighted by Crippen LogP contribution is -2.30. The van der Waals surface area contributed by atoms with Crippen LogP contribution in [0, 0.1) is 3.57 Å². The molecule has 0 saturated carbocycles. The van der Waals surface area contributed by atoms with Crippen LogP contribution < -0.4 is 10.6 Å². The standard InChI is InChI=1S/C18H16IN3OS/c19-15-8-6-14(7-9-15)16-12-24-18(21-16)22-17(23)20-11-10-13-4-2-1-3-5-13/h1-9,12H,10-11H2,(H2,20,21,22,23). The van der Waals surface area contributed by atoms with E-state index in [1.807, 2.05) is 60.0 Å². The van der Waals surface area contributed by atoms with Gasteiger partial charge in [-0.05, 0) is 46.7 Å². The summed E-state index contributed by atoms with van der Waals surface area (Å²) in [7, 11) is 0. The molecule has 0 atom stereocenters. The number of benzene rings is 2. The molecule has 0 unspecified atom stereocenters. The van der Waals surface area contributed by atoms with Crippen LogP contribution in [-0.4, -0.2) is 17.6 Å². The summed E-state index contributed by atoms with van der Waals surface area (Å²) in [6, 6.07) is 18.0. The fourth-order valence-corrected chi connectivity index (χ4v) is 3.27. The van der Waals surface area contributed by atoms with E-state index in [0.29, 0.717) is 11.7 Å². The van der Waals surface area contributed by atoms with E-state index in [-0.39, 0.29) is 6.03 Å². The first kappa shape index (κ1) is 16.9. The molecule has 122 valence electrons. The number of hydrogen-bond acceptors (Lipinski definition) is 3. The van der Waals surface area contributed by atoms with Gasteiger partial charge in [-0.1, -0.05) is 42.5 Å². The Morgan fingerprint density at radius 2 is 1.83 bits per heavy atom. The van der Waals surface area contributed by atoms with Crippen LogP contribution in [0.25, 0.3) is 11.3 Å². The van der Waals surface area contributed by atoms with E-state index in [1.54, 1.807) is 0 Å². The molecule has 0 fully saturated rings. The molecule has 0 bridgehead atoms. The van der Waals surface area contributed by atoms with Gasteiger partial charge in [0, 0.05) is 21.1 Å². The molecule has 0 radical (unpaired) electrons. The smallest absolute Gasteiger partial charge is 0.321 e. The number of urea groups is 1. The largest absolute Gasteiger partial charge is 0.337 e. The van der Waals surface area contributed by atoms with Crippen LogP contribution in [0.3, 0.4) is 0 Å². The molecule has 1 heterocycles. The summed E-state index contributed by atoms with van der Waals surface area (Å²) in [6.07, 6.45) is 0.806. The Balaban J connectivity index is 1.51. The Kier molecular flexibility index (Phi) is 5.81. The molecule has 1 aromatic heterocycles. The molecule has 3 aromatic rings. The van der Waals surface area contributed by atoms with Gasteiger partial charge in [0.15, 0.2) is 5.13 Å². The third-order valence-corrected chi connectivity index (χ3v) is 4.88. The van der Waals surface area contributed by atoms with Gasteiger partial charge in [0.25, 0.3) is 0 Å². The summed E-state index contributed by atoms with van der Waals surface area (Å²) >= 11 is 3.69. The minimum atomic E-state index is -0.227. The van der Waals surface area contributed by atoms with Gasteiger partial charge in [0.2, 0.25) is 0 Å². The molecule has 24 heavy (non-hydrogen) atoms. The van der Waals surface area contributed by atoms with E-state index >= 15 is 0 Å². The highest BCUT2D eigenvalue weighted by Gasteiger charge is 2.07. The van der Waals surface area contributed by atoms with Crippen molar-refractivity contribution in [3.05, 3.63) is 69.1 Å². The van der Waals surface area contributed by atoms with Crippen LogP contribution in [0.15, 0.2) is 60.0 Å². The normalized spacial score (nSPS) is 10.4. The second-order valence-corrected chi connectivity index (χ2v) is 7.27. The van der Waals surface area contributed by atoms with Crippen LogP contribution >= 0.6 is 33.9 Å². The van der Waals surface area contributed by atoms with Crippen molar-refractivity contribution in [1.82, 2.24) is 10.3 Å². The zero-order chi connectivity index (χ0) is 16.8. The Hall–Kier alpha value is -1.93. The van der Waals surface area contributed by atoms with Crippen molar-refractivity contribution in [1.29, 1.82) is 0 Å². The molecule has 2 aromatic carbocycles. The van der Waals surface area contributed by atoms with Gasteiger partial charge in [-0.2, -0.15) is 0 Å². The third-order valence-electron chi connectivity index (χ3n) is 3.41. The Morgan fingerprint density at radius 1 is 1.08 bits per heavy atom. The second-order valence-electron chi connectivity index (χ2n) is 5.16. The lowest BCUT2D eigenvalue weighted by atomic mass is 10.1. The van der Waals surface area contributed by atoms with Crippen LogP contribution in [0.4, 0.5) is 9.93 Å². The van der Waals surface area contributed by atoms with E-state index in [1.165, 1.54) is 20.5 Å². The summed E-state index contributed by atoms with van der Waals surface area (Å²) in [4.78, 5) is 16.4. The lowest BCUT2D eigenvalue weighted by molar-refractivity contribution is 0.252. The molecule has 0 aliphatic carbocycles. The maximum Gasteiger partial charge on any atom is 0.321 e. The first-order chi connectivity index (χ1) is 11.7. The molecule has 0 aliphatic rings. The van der Waals surface area contributed by atoms with Gasteiger partial charge in [-0.15, -0.1) is 11.3 Å². The number of carbonyl (C=O) groups excluding carboxylic acids is 1. The van der Waals surface area contributed by atoms with Crippen molar-refractivity contribution in [3.8, 4) is 11.3 Å². The summed E-state index contributed by atoms with van der Waals surface area (Å²) in [6.45, 7) is 0.588. The first-order valence-corrected chi connectivity index (χ1v) is 9.47. The molecular weight excluding hydrogens is 433 g/mol. The molecule has 3 rings (SSSR count). The van der Waals surface area contributed by atoms with E-state index in [4.69, 9.17) is 0 Å². The quantitative estimate of drug-likeness (QED) is 0.551. The molecule has 4 nitrogen and oxygen atoms in total. The number of aromatic nitrogens is 1. The Labute approximate surface area is 158 Å². The summed E-state index contributed by atoms with van der Waals surface area (Å²) in [5.74, 6) is 0. The van der Waals surface area contributed by atoms with Crippen molar-refractivity contribution >= 4 is 45.1 Å². The van der Waals surface area contributed by atoms with Crippen LogP contribution in [-0.2, 0) is 6.42 Å². The van der Waals surface area contributed by atoms with Gasteiger partial charge >= 0.3 is 6.03 Å². The molecule has 2 amide bonds. The predicted molar refractivity (Wildman–Crippen MR) is 107 cm³/mol. The van der Waals surface area contributed by atoms with Gasteiger partial charge in [0.05, 0.1) is 5.69 Å². The van der Waals surface area contributed by atoms with E-state index in [0.717, 1.165) is 17.7 Å².